The highest BCUT2D eigenvalue weighted by Crippen LogP contribution is 2.25. The fraction of sp³-hybridized carbons (Fsp3) is 0.267. The van der Waals surface area contributed by atoms with Crippen LogP contribution in [0.25, 0.3) is 11.1 Å². The predicted molar refractivity (Wildman–Crippen MR) is 72.1 cm³/mol. The van der Waals surface area contributed by atoms with E-state index in [0.717, 1.165) is 0 Å². The van der Waals surface area contributed by atoms with Crippen molar-refractivity contribution in [1.29, 1.82) is 0 Å². The molecule has 1 heterocycles. The normalized spacial score (nSPS) is 10.4. The summed E-state index contributed by atoms with van der Waals surface area (Å²) < 4.78 is 2.05. The molecule has 1 aromatic carbocycles. The summed E-state index contributed by atoms with van der Waals surface area (Å²) in [5.74, 6) is 0. The summed E-state index contributed by atoms with van der Waals surface area (Å²) in [4.78, 5) is 2.13. The van der Waals surface area contributed by atoms with Crippen LogP contribution in [0.15, 0.2) is 42.7 Å². The van der Waals surface area contributed by atoms with Crippen molar-refractivity contribution >= 4 is 5.69 Å². The molecule has 0 amide bonds. The summed E-state index contributed by atoms with van der Waals surface area (Å²) >= 11 is 0. The van der Waals surface area contributed by atoms with Crippen molar-refractivity contribution in [2.24, 2.45) is 7.05 Å². The van der Waals surface area contributed by atoms with Crippen molar-refractivity contribution < 1.29 is 4.57 Å². The van der Waals surface area contributed by atoms with Crippen LogP contribution in [0.4, 0.5) is 5.69 Å². The molecule has 17 heavy (non-hydrogen) atoms. The number of nitrogens with zero attached hydrogens (tertiary/aromatic N) is 2. The number of aryl methyl sites for hydroxylation is 2. The molecule has 0 saturated carbocycles. The van der Waals surface area contributed by atoms with Crippen molar-refractivity contribution in [3.63, 3.8) is 0 Å². The van der Waals surface area contributed by atoms with E-state index in [0.29, 0.717) is 0 Å². The molecule has 0 aliphatic heterocycles. The quantitative estimate of drug-likeness (QED) is 0.715. The molecule has 2 heteroatoms. The van der Waals surface area contributed by atoms with Gasteiger partial charge in [0.1, 0.15) is 7.05 Å². The van der Waals surface area contributed by atoms with E-state index in [1.807, 2.05) is 11.6 Å². The van der Waals surface area contributed by atoms with Crippen molar-refractivity contribution in [1.82, 2.24) is 0 Å². The van der Waals surface area contributed by atoms with Gasteiger partial charge in [0.15, 0.2) is 12.4 Å². The Bertz CT molecular complexity index is 513. The molecule has 2 rings (SSSR count). The van der Waals surface area contributed by atoms with Gasteiger partial charge in [-0.15, -0.1) is 0 Å². The topological polar surface area (TPSA) is 7.12 Å². The summed E-state index contributed by atoms with van der Waals surface area (Å²) in [7, 11) is 6.17. The summed E-state index contributed by atoms with van der Waals surface area (Å²) in [5.41, 5.74) is 5.12. The largest absolute Gasteiger partial charge is 0.378 e. The molecule has 0 aliphatic rings. The van der Waals surface area contributed by atoms with Crippen LogP contribution in [-0.2, 0) is 7.05 Å². The molecule has 0 spiro atoms. The van der Waals surface area contributed by atoms with E-state index in [2.05, 4.69) is 68.6 Å². The summed E-state index contributed by atoms with van der Waals surface area (Å²) in [6.45, 7) is 2.16. The molecule has 88 valence electrons. The molecule has 1 aromatic heterocycles. The van der Waals surface area contributed by atoms with Gasteiger partial charge < -0.3 is 4.90 Å². The maximum atomic E-state index is 2.22. The van der Waals surface area contributed by atoms with Crippen LogP contribution in [0.5, 0.6) is 0 Å². The number of aromatic nitrogens is 1. The van der Waals surface area contributed by atoms with Crippen LogP contribution in [0.3, 0.4) is 0 Å². The van der Waals surface area contributed by atoms with Crippen LogP contribution < -0.4 is 9.47 Å². The Morgan fingerprint density at radius 2 is 1.65 bits per heavy atom. The lowest BCUT2D eigenvalue weighted by atomic mass is 10.0. The first-order chi connectivity index (χ1) is 8.08. The average molecular weight is 227 g/mol. The lowest BCUT2D eigenvalue weighted by Crippen LogP contribution is -2.25. The summed E-state index contributed by atoms with van der Waals surface area (Å²) in [6.07, 6.45) is 4.16. The van der Waals surface area contributed by atoms with Crippen LogP contribution in [0.2, 0.25) is 0 Å². The number of anilines is 1. The third-order valence-electron chi connectivity index (χ3n) is 3.02. The number of pyridine rings is 1. The van der Waals surface area contributed by atoms with E-state index >= 15 is 0 Å². The molecule has 0 bridgehead atoms. The second-order valence-corrected chi connectivity index (χ2v) is 4.65. The average Bonchev–Trinajstić information content (AvgIpc) is 2.30. The zero-order chi connectivity index (χ0) is 12.4. The maximum absolute atomic E-state index is 2.22. The van der Waals surface area contributed by atoms with E-state index in [1.165, 1.54) is 22.4 Å². The van der Waals surface area contributed by atoms with E-state index < -0.39 is 0 Å². The SMILES string of the molecule is Cc1cc(N(C)C)ccc1-c1cc[n+](C)cc1. The molecular weight excluding hydrogens is 208 g/mol. The minimum Gasteiger partial charge on any atom is -0.378 e. The maximum Gasteiger partial charge on any atom is 0.169 e. The fourth-order valence-electron chi connectivity index (χ4n) is 1.93. The molecule has 2 aromatic rings. The predicted octanol–water partition coefficient (Wildman–Crippen LogP) is 2.55. The number of hydrogen-bond donors (Lipinski definition) is 0. The number of rotatable bonds is 2. The molecule has 0 radical (unpaired) electrons. The van der Waals surface area contributed by atoms with Crippen molar-refractivity contribution in [3.05, 3.63) is 48.3 Å². The molecule has 0 saturated heterocycles. The van der Waals surface area contributed by atoms with Crippen molar-refractivity contribution in [3.8, 4) is 11.1 Å². The van der Waals surface area contributed by atoms with E-state index in [4.69, 9.17) is 0 Å². The van der Waals surface area contributed by atoms with Gasteiger partial charge in [0, 0.05) is 31.9 Å². The van der Waals surface area contributed by atoms with E-state index in [9.17, 15) is 0 Å². The Balaban J connectivity index is 2.43. The standard InChI is InChI=1S/C15H19N2/c1-12-11-14(16(2)3)5-6-15(12)13-7-9-17(4)10-8-13/h5-11H,1-4H3/q+1. The zero-order valence-electron chi connectivity index (χ0n) is 10.9. The third-order valence-corrected chi connectivity index (χ3v) is 3.02. The summed E-state index contributed by atoms with van der Waals surface area (Å²) in [6, 6.07) is 10.9. The van der Waals surface area contributed by atoms with Gasteiger partial charge in [0.05, 0.1) is 0 Å². The lowest BCUT2D eigenvalue weighted by molar-refractivity contribution is -0.671. The van der Waals surface area contributed by atoms with Gasteiger partial charge in [0.2, 0.25) is 0 Å². The first-order valence-electron chi connectivity index (χ1n) is 5.81. The zero-order valence-corrected chi connectivity index (χ0v) is 10.9. The highest BCUT2D eigenvalue weighted by atomic mass is 15.1. The molecule has 2 nitrogen and oxygen atoms in total. The molecule has 0 atom stereocenters. The Kier molecular flexibility index (Phi) is 3.14. The minimum atomic E-state index is 1.24. The Hall–Kier alpha value is -1.83. The van der Waals surface area contributed by atoms with Crippen LogP contribution in [0.1, 0.15) is 5.56 Å². The van der Waals surface area contributed by atoms with Gasteiger partial charge in [-0.3, -0.25) is 0 Å². The Morgan fingerprint density at radius 1 is 1.00 bits per heavy atom. The monoisotopic (exact) mass is 227 g/mol. The third kappa shape index (κ3) is 2.47. The molecular formula is C15H19N2+. The molecule has 0 aliphatic carbocycles. The Morgan fingerprint density at radius 3 is 2.18 bits per heavy atom. The second kappa shape index (κ2) is 4.58. The second-order valence-electron chi connectivity index (χ2n) is 4.65. The smallest absolute Gasteiger partial charge is 0.169 e. The van der Waals surface area contributed by atoms with Gasteiger partial charge in [-0.1, -0.05) is 6.07 Å². The molecule has 0 N–H and O–H groups in total. The van der Waals surface area contributed by atoms with Gasteiger partial charge in [-0.2, -0.15) is 0 Å². The van der Waals surface area contributed by atoms with E-state index in [-0.39, 0.29) is 0 Å². The Labute approximate surface area is 103 Å². The highest BCUT2D eigenvalue weighted by Gasteiger charge is 2.05. The number of hydrogen-bond acceptors (Lipinski definition) is 1. The minimum absolute atomic E-state index is 1.24. The first kappa shape index (κ1) is 11.6. The van der Waals surface area contributed by atoms with Gasteiger partial charge in [-0.25, -0.2) is 4.57 Å². The van der Waals surface area contributed by atoms with Crippen LogP contribution in [0, 0.1) is 6.92 Å². The van der Waals surface area contributed by atoms with Gasteiger partial charge in [0.25, 0.3) is 0 Å². The summed E-state index contributed by atoms with van der Waals surface area (Å²) in [5, 5.41) is 0. The van der Waals surface area contributed by atoms with E-state index in [1.54, 1.807) is 0 Å². The van der Waals surface area contributed by atoms with Crippen molar-refractivity contribution in [2.75, 3.05) is 19.0 Å². The van der Waals surface area contributed by atoms with Crippen molar-refractivity contribution in [2.45, 2.75) is 6.92 Å². The van der Waals surface area contributed by atoms with Gasteiger partial charge >= 0.3 is 0 Å². The fourth-order valence-corrected chi connectivity index (χ4v) is 1.93. The number of benzene rings is 1. The van der Waals surface area contributed by atoms with Crippen LogP contribution in [-0.4, -0.2) is 14.1 Å². The van der Waals surface area contributed by atoms with Crippen LogP contribution >= 0.6 is 0 Å². The molecule has 0 fully saturated rings. The van der Waals surface area contributed by atoms with Gasteiger partial charge in [-0.05, 0) is 35.7 Å². The molecule has 0 unspecified atom stereocenters. The first-order valence-corrected chi connectivity index (χ1v) is 5.81. The lowest BCUT2D eigenvalue weighted by Gasteiger charge is -2.15. The highest BCUT2D eigenvalue weighted by molar-refractivity contribution is 5.69.